The van der Waals surface area contributed by atoms with Crippen LogP contribution in [0, 0.1) is 0 Å². The molecule has 2 aliphatic rings. The predicted molar refractivity (Wildman–Crippen MR) is 186 cm³/mol. The van der Waals surface area contributed by atoms with Crippen molar-refractivity contribution < 1.29 is 77.8 Å². The summed E-state index contributed by atoms with van der Waals surface area (Å²) in [6.07, 6.45) is -14.6. The van der Waals surface area contributed by atoms with Gasteiger partial charge in [-0.25, -0.2) is 0 Å². The Morgan fingerprint density at radius 1 is 0.852 bits per heavy atom. The lowest BCUT2D eigenvalue weighted by Crippen LogP contribution is -2.65. The van der Waals surface area contributed by atoms with Crippen LogP contribution in [-0.4, -0.2) is 118 Å². The van der Waals surface area contributed by atoms with E-state index in [1.165, 1.54) is 14.0 Å². The lowest BCUT2D eigenvalue weighted by atomic mass is 9.97. The number of methoxy groups -OCH3 is 1. The maximum absolute atomic E-state index is 14.3. The Labute approximate surface area is 308 Å². The van der Waals surface area contributed by atoms with Gasteiger partial charge in [-0.05, 0) is 51.5 Å². The highest BCUT2D eigenvalue weighted by Crippen LogP contribution is 2.41. The Bertz CT molecular complexity index is 1920. The van der Waals surface area contributed by atoms with Crippen LogP contribution in [0.4, 0.5) is 0 Å². The third-order valence-corrected chi connectivity index (χ3v) is 8.95. The second-order valence-electron chi connectivity index (χ2n) is 13.2. The number of esters is 2. The summed E-state index contributed by atoms with van der Waals surface area (Å²) in [5.41, 5.74) is 0.363. The molecule has 2 aliphatic heterocycles. The highest BCUT2D eigenvalue weighted by Gasteiger charge is 2.52. The minimum Gasteiger partial charge on any atom is -0.507 e. The molecule has 17 nitrogen and oxygen atoms in total. The molecule has 54 heavy (non-hydrogen) atoms. The molecular weight excluding hydrogens is 716 g/mol. The molecule has 0 aliphatic carbocycles. The van der Waals surface area contributed by atoms with Crippen molar-refractivity contribution in [3.8, 4) is 34.3 Å². The molecule has 5 rings (SSSR count). The molecule has 2 fully saturated rings. The van der Waals surface area contributed by atoms with Gasteiger partial charge in [-0.3, -0.25) is 14.4 Å². The third kappa shape index (κ3) is 8.47. The molecule has 1 aromatic heterocycles. The van der Waals surface area contributed by atoms with Crippen molar-refractivity contribution in [2.24, 2.45) is 0 Å². The molecule has 294 valence electrons. The Morgan fingerprint density at radius 2 is 1.54 bits per heavy atom. The van der Waals surface area contributed by atoms with E-state index < -0.39 is 96.9 Å². The first-order valence-corrected chi connectivity index (χ1v) is 17.0. The van der Waals surface area contributed by atoms with Crippen molar-refractivity contribution in [2.75, 3.05) is 13.7 Å². The van der Waals surface area contributed by atoms with E-state index in [0.717, 1.165) is 25.5 Å². The number of allylic oxidation sites excluding steroid dienone is 2. The zero-order chi connectivity index (χ0) is 39.6. The minimum atomic E-state index is -1.93. The lowest BCUT2D eigenvalue weighted by molar-refractivity contribution is -0.351. The number of carbonyl (C=O) groups is 2. The number of aromatic hydroxyl groups is 2. The Balaban J connectivity index is 1.59. The molecule has 0 amide bonds. The molecule has 4 unspecified atom stereocenters. The van der Waals surface area contributed by atoms with Crippen molar-refractivity contribution in [1.29, 1.82) is 0 Å². The summed E-state index contributed by atoms with van der Waals surface area (Å²) < 4.78 is 45.5. The van der Waals surface area contributed by atoms with Crippen LogP contribution in [0.1, 0.15) is 40.2 Å². The van der Waals surface area contributed by atoms with Crippen LogP contribution in [0.2, 0.25) is 0 Å². The highest BCUT2D eigenvalue weighted by molar-refractivity contribution is 5.91. The van der Waals surface area contributed by atoms with Gasteiger partial charge in [0, 0.05) is 31.0 Å². The van der Waals surface area contributed by atoms with Crippen molar-refractivity contribution in [3.63, 3.8) is 0 Å². The van der Waals surface area contributed by atoms with Crippen LogP contribution >= 0.6 is 0 Å². The van der Waals surface area contributed by atoms with E-state index in [-0.39, 0.29) is 40.0 Å². The van der Waals surface area contributed by atoms with Gasteiger partial charge in [0.15, 0.2) is 18.2 Å². The number of aliphatic hydroxyl groups excluding tert-OH is 4. The van der Waals surface area contributed by atoms with Crippen LogP contribution in [0.15, 0.2) is 51.2 Å². The van der Waals surface area contributed by atoms with Crippen molar-refractivity contribution in [2.45, 2.75) is 102 Å². The first-order chi connectivity index (χ1) is 25.5. The van der Waals surface area contributed by atoms with Gasteiger partial charge in [0.2, 0.25) is 17.5 Å². The van der Waals surface area contributed by atoms with Crippen molar-refractivity contribution in [1.82, 2.24) is 0 Å². The van der Waals surface area contributed by atoms with E-state index in [1.54, 1.807) is 30.3 Å². The van der Waals surface area contributed by atoms with Crippen LogP contribution in [0.3, 0.4) is 0 Å². The molecule has 0 radical (unpaired) electrons. The van der Waals surface area contributed by atoms with Crippen LogP contribution in [0.5, 0.6) is 23.0 Å². The number of hydrogen-bond donors (Lipinski definition) is 6. The molecule has 0 spiro atoms. The molecule has 17 heteroatoms. The SMILES string of the molecule is COc1ccc(-c2oc3c(CC=C(C)C)c(O)cc(O)c3c(=O)c2O[C@@H]2OC(C)[C@H](OC(C)=O)C(O[C@@H]3OC(COC(C)=O)[C@@H](O)[C@H](O)C3O)[C@@H]2O)cc1. The number of phenolic OH excluding ortho intramolecular Hbond substituents is 2. The van der Waals surface area contributed by atoms with Gasteiger partial charge in [0.25, 0.3) is 0 Å². The van der Waals surface area contributed by atoms with E-state index in [9.17, 15) is 45.0 Å². The van der Waals surface area contributed by atoms with Crippen molar-refractivity contribution >= 4 is 22.9 Å². The Kier molecular flexibility index (Phi) is 12.5. The van der Waals surface area contributed by atoms with E-state index in [1.807, 2.05) is 13.8 Å². The maximum Gasteiger partial charge on any atom is 0.303 e. The summed E-state index contributed by atoms with van der Waals surface area (Å²) in [6, 6.07) is 7.30. The molecule has 2 aromatic carbocycles. The summed E-state index contributed by atoms with van der Waals surface area (Å²) in [4.78, 5) is 37.9. The zero-order valence-corrected chi connectivity index (χ0v) is 30.3. The minimum absolute atomic E-state index is 0.129. The van der Waals surface area contributed by atoms with Gasteiger partial charge in [-0.2, -0.15) is 0 Å². The third-order valence-electron chi connectivity index (χ3n) is 8.95. The standard InChI is InChI=1S/C37H44O17/c1-15(2)7-12-21-22(40)13-23(41)25-27(43)34(32(52-33(21)25)19-8-10-20(47-6)11-9-19)53-37-30(46)35(31(16(3)49-37)50-18(5)39)54-36-29(45)28(44)26(42)24(51-36)14-48-17(4)38/h7-11,13,16,24,26,28-31,35-37,40-42,44-46H,12,14H2,1-6H3/t16?,24?,26-,28+,29?,30+,31+,35?,36+,37+/m1/s1. The fourth-order valence-corrected chi connectivity index (χ4v) is 6.15. The van der Waals surface area contributed by atoms with Gasteiger partial charge in [-0.1, -0.05) is 11.6 Å². The average molecular weight is 761 g/mol. The van der Waals surface area contributed by atoms with Gasteiger partial charge in [-0.15, -0.1) is 0 Å². The Morgan fingerprint density at radius 3 is 2.15 bits per heavy atom. The second kappa shape index (κ2) is 16.7. The number of benzene rings is 2. The zero-order valence-electron chi connectivity index (χ0n) is 30.3. The molecule has 3 aromatic rings. The van der Waals surface area contributed by atoms with E-state index >= 15 is 0 Å². The number of ether oxygens (including phenoxy) is 7. The largest absolute Gasteiger partial charge is 0.507 e. The number of carbonyl (C=O) groups excluding carboxylic acids is 2. The van der Waals surface area contributed by atoms with Gasteiger partial charge >= 0.3 is 11.9 Å². The molecule has 2 saturated heterocycles. The molecule has 10 atom stereocenters. The van der Waals surface area contributed by atoms with Crippen LogP contribution in [0.25, 0.3) is 22.3 Å². The quantitative estimate of drug-likeness (QED) is 0.120. The molecule has 6 N–H and O–H groups in total. The fourth-order valence-electron chi connectivity index (χ4n) is 6.15. The van der Waals surface area contributed by atoms with E-state index in [4.69, 9.17) is 37.6 Å². The van der Waals surface area contributed by atoms with Crippen molar-refractivity contribution in [3.05, 3.63) is 57.8 Å². The normalized spacial score (nSPS) is 28.3. The summed E-state index contributed by atoms with van der Waals surface area (Å²) >= 11 is 0. The number of hydrogen-bond acceptors (Lipinski definition) is 17. The Hall–Kier alpha value is -4.75. The summed E-state index contributed by atoms with van der Waals surface area (Å²) in [7, 11) is 1.46. The maximum atomic E-state index is 14.3. The molecule has 0 bridgehead atoms. The first kappa shape index (κ1) is 40.4. The van der Waals surface area contributed by atoms with Crippen LogP contribution in [-0.2, 0) is 39.7 Å². The van der Waals surface area contributed by atoms with E-state index in [0.29, 0.717) is 5.75 Å². The van der Waals surface area contributed by atoms with E-state index in [2.05, 4.69) is 0 Å². The summed E-state index contributed by atoms with van der Waals surface area (Å²) in [5, 5.41) is 65.0. The first-order valence-electron chi connectivity index (χ1n) is 17.0. The molecular formula is C37H44O17. The summed E-state index contributed by atoms with van der Waals surface area (Å²) in [5.74, 6) is -2.70. The predicted octanol–water partition coefficient (Wildman–Crippen LogP) is 1.56. The van der Waals surface area contributed by atoms with Crippen LogP contribution < -0.4 is 14.9 Å². The van der Waals surface area contributed by atoms with Gasteiger partial charge < -0.3 is 68.2 Å². The second-order valence-corrected chi connectivity index (χ2v) is 13.2. The fraction of sp³-hybridized carbons (Fsp3) is 0.486. The number of aliphatic hydroxyl groups is 4. The highest BCUT2D eigenvalue weighted by atomic mass is 16.7. The van der Waals surface area contributed by atoms with Gasteiger partial charge in [0.05, 0.1) is 13.2 Å². The number of fused-ring (bicyclic) bond motifs is 1. The monoisotopic (exact) mass is 760 g/mol. The van der Waals surface area contributed by atoms with Gasteiger partial charge in [0.1, 0.15) is 71.4 Å². The number of phenols is 2. The molecule has 3 heterocycles. The summed E-state index contributed by atoms with van der Waals surface area (Å²) in [6.45, 7) is 6.82. The molecule has 0 saturated carbocycles. The smallest absolute Gasteiger partial charge is 0.303 e. The lowest BCUT2D eigenvalue weighted by Gasteiger charge is -2.46. The number of rotatable bonds is 11. The average Bonchev–Trinajstić information content (AvgIpc) is 3.11. The topological polar surface area (TPSA) is 250 Å².